The lowest BCUT2D eigenvalue weighted by atomic mass is 9.85. The van der Waals surface area contributed by atoms with E-state index in [9.17, 15) is 0 Å². The number of nitrogens with two attached hydrogens (primary N) is 1. The summed E-state index contributed by atoms with van der Waals surface area (Å²) in [7, 11) is 0. The molecule has 2 saturated carbocycles. The summed E-state index contributed by atoms with van der Waals surface area (Å²) in [5.74, 6) is 3.63. The van der Waals surface area contributed by atoms with E-state index in [1.54, 1.807) is 0 Å². The smallest absolute Gasteiger partial charge is 0.0510 e. The van der Waals surface area contributed by atoms with Gasteiger partial charge in [-0.05, 0) is 49.4 Å². The van der Waals surface area contributed by atoms with Gasteiger partial charge in [-0.1, -0.05) is 0 Å². The van der Waals surface area contributed by atoms with Crippen molar-refractivity contribution < 1.29 is 4.74 Å². The first-order valence-electron chi connectivity index (χ1n) is 5.68. The van der Waals surface area contributed by atoms with E-state index in [0.29, 0.717) is 12.0 Å². The van der Waals surface area contributed by atoms with Gasteiger partial charge in [0.25, 0.3) is 0 Å². The molecule has 3 aliphatic rings. The number of ether oxygens (including phenoxy) is 1. The van der Waals surface area contributed by atoms with Crippen LogP contribution in [-0.2, 0) is 4.74 Å². The van der Waals surface area contributed by atoms with Crippen molar-refractivity contribution in [3.05, 3.63) is 0 Å². The highest BCUT2D eigenvalue weighted by Gasteiger charge is 2.48. The maximum Gasteiger partial charge on any atom is 0.0510 e. The zero-order valence-corrected chi connectivity index (χ0v) is 8.11. The van der Waals surface area contributed by atoms with Crippen LogP contribution in [0.3, 0.4) is 0 Å². The van der Waals surface area contributed by atoms with Crippen molar-refractivity contribution in [3.63, 3.8) is 0 Å². The molecule has 1 aliphatic heterocycles. The Balaban J connectivity index is 1.58. The lowest BCUT2D eigenvalue weighted by Crippen LogP contribution is -2.37. The predicted molar refractivity (Wildman–Crippen MR) is 51.2 cm³/mol. The van der Waals surface area contributed by atoms with Gasteiger partial charge in [0.05, 0.1) is 6.61 Å². The van der Waals surface area contributed by atoms with Crippen molar-refractivity contribution >= 4 is 0 Å². The highest BCUT2D eigenvalue weighted by atomic mass is 16.5. The number of hydrogen-bond donors (Lipinski definition) is 1. The van der Waals surface area contributed by atoms with E-state index >= 15 is 0 Å². The molecule has 3 rings (SSSR count). The largest absolute Gasteiger partial charge is 0.381 e. The summed E-state index contributed by atoms with van der Waals surface area (Å²) in [5, 5.41) is 0. The Kier molecular flexibility index (Phi) is 1.88. The fourth-order valence-corrected chi connectivity index (χ4v) is 3.32. The van der Waals surface area contributed by atoms with Crippen molar-refractivity contribution in [3.8, 4) is 0 Å². The van der Waals surface area contributed by atoms with Crippen molar-refractivity contribution in [2.45, 2.75) is 31.7 Å². The van der Waals surface area contributed by atoms with E-state index in [1.807, 2.05) is 0 Å². The molecule has 0 aromatic carbocycles. The highest BCUT2D eigenvalue weighted by molar-refractivity contribution is 5.00. The van der Waals surface area contributed by atoms with Gasteiger partial charge in [0, 0.05) is 12.6 Å². The summed E-state index contributed by atoms with van der Waals surface area (Å²) in [6.45, 7) is 1.87. The summed E-state index contributed by atoms with van der Waals surface area (Å²) >= 11 is 0. The zero-order chi connectivity index (χ0) is 8.84. The molecule has 2 nitrogen and oxygen atoms in total. The minimum absolute atomic E-state index is 0.440. The third-order valence-corrected chi connectivity index (χ3v) is 4.33. The molecule has 0 amide bonds. The summed E-state index contributed by atoms with van der Waals surface area (Å²) in [6, 6.07) is 0.440. The number of fused-ring (bicyclic) bond motifs is 1. The summed E-state index contributed by atoms with van der Waals surface area (Å²) in [6.07, 6.45) is 5.54. The Morgan fingerprint density at radius 3 is 2.46 bits per heavy atom. The van der Waals surface area contributed by atoms with Gasteiger partial charge in [0.2, 0.25) is 0 Å². The van der Waals surface area contributed by atoms with Crippen LogP contribution in [0.15, 0.2) is 0 Å². The van der Waals surface area contributed by atoms with Gasteiger partial charge >= 0.3 is 0 Å². The van der Waals surface area contributed by atoms with Crippen molar-refractivity contribution in [2.24, 2.45) is 29.4 Å². The second kappa shape index (κ2) is 2.96. The average molecular weight is 181 g/mol. The molecule has 0 spiro atoms. The molecule has 4 unspecified atom stereocenters. The van der Waals surface area contributed by atoms with Gasteiger partial charge < -0.3 is 10.5 Å². The van der Waals surface area contributed by atoms with Crippen LogP contribution in [0, 0.1) is 23.7 Å². The normalized spacial score (nSPS) is 50.5. The zero-order valence-electron chi connectivity index (χ0n) is 8.11. The Morgan fingerprint density at radius 1 is 1.08 bits per heavy atom. The van der Waals surface area contributed by atoms with E-state index in [2.05, 4.69) is 0 Å². The molecule has 74 valence electrons. The third kappa shape index (κ3) is 1.40. The van der Waals surface area contributed by atoms with Gasteiger partial charge in [-0.3, -0.25) is 0 Å². The fraction of sp³-hybridized carbons (Fsp3) is 1.00. The van der Waals surface area contributed by atoms with Crippen LogP contribution in [0.1, 0.15) is 25.7 Å². The molecule has 0 radical (unpaired) electrons. The van der Waals surface area contributed by atoms with Crippen LogP contribution in [0.25, 0.3) is 0 Å². The van der Waals surface area contributed by atoms with Gasteiger partial charge in [-0.25, -0.2) is 0 Å². The van der Waals surface area contributed by atoms with Gasteiger partial charge in [-0.15, -0.1) is 0 Å². The van der Waals surface area contributed by atoms with Gasteiger partial charge in [-0.2, -0.15) is 0 Å². The maximum atomic E-state index is 6.29. The Labute approximate surface area is 79.8 Å². The first kappa shape index (κ1) is 8.25. The van der Waals surface area contributed by atoms with E-state index in [-0.39, 0.29) is 0 Å². The molecule has 1 heterocycles. The van der Waals surface area contributed by atoms with Crippen molar-refractivity contribution in [1.82, 2.24) is 0 Å². The minimum atomic E-state index is 0.440. The number of rotatable bonds is 2. The average Bonchev–Trinajstić information content (AvgIpc) is 2.63. The molecule has 0 bridgehead atoms. The Bertz CT molecular complexity index is 190. The van der Waals surface area contributed by atoms with Crippen LogP contribution in [0.2, 0.25) is 0 Å². The monoisotopic (exact) mass is 181 g/mol. The van der Waals surface area contributed by atoms with Crippen molar-refractivity contribution in [2.75, 3.05) is 13.2 Å². The molecule has 0 aromatic rings. The lowest BCUT2D eigenvalue weighted by molar-refractivity contribution is 0.172. The van der Waals surface area contributed by atoms with Crippen LogP contribution in [0.4, 0.5) is 0 Å². The molecular weight excluding hydrogens is 162 g/mol. The van der Waals surface area contributed by atoms with E-state index in [0.717, 1.165) is 31.0 Å². The summed E-state index contributed by atoms with van der Waals surface area (Å²) < 4.78 is 5.40. The highest BCUT2D eigenvalue weighted by Crippen LogP contribution is 2.55. The van der Waals surface area contributed by atoms with E-state index in [4.69, 9.17) is 10.5 Å². The molecule has 2 aliphatic carbocycles. The molecule has 3 fully saturated rings. The molecule has 2 heteroatoms. The minimum Gasteiger partial charge on any atom is -0.381 e. The molecule has 2 N–H and O–H groups in total. The quantitative estimate of drug-likeness (QED) is 0.699. The standard InChI is InChI=1S/C11H19NO/c12-11(7-1-2-13-6-7)10-4-8-3-9(8)5-10/h7-11H,1-6,12H2. The Hall–Kier alpha value is -0.0800. The maximum absolute atomic E-state index is 6.29. The topological polar surface area (TPSA) is 35.2 Å². The van der Waals surface area contributed by atoms with Gasteiger partial charge in [0.1, 0.15) is 0 Å². The summed E-state index contributed by atoms with van der Waals surface area (Å²) in [5.41, 5.74) is 6.29. The lowest BCUT2D eigenvalue weighted by Gasteiger charge is -2.25. The number of hydrogen-bond acceptors (Lipinski definition) is 2. The van der Waals surface area contributed by atoms with Crippen molar-refractivity contribution in [1.29, 1.82) is 0 Å². The molecule has 4 atom stereocenters. The first-order chi connectivity index (χ1) is 6.34. The predicted octanol–water partition coefficient (Wildman–Crippen LogP) is 1.40. The third-order valence-electron chi connectivity index (χ3n) is 4.33. The molecule has 0 aromatic heterocycles. The second-order valence-corrected chi connectivity index (χ2v) is 5.19. The molecular formula is C11H19NO. The van der Waals surface area contributed by atoms with Gasteiger partial charge in [0.15, 0.2) is 0 Å². The van der Waals surface area contributed by atoms with Crippen LogP contribution in [0.5, 0.6) is 0 Å². The SMILES string of the molecule is NC(C1CCOC1)C1CC2CC2C1. The van der Waals surface area contributed by atoms with Crippen LogP contribution >= 0.6 is 0 Å². The Morgan fingerprint density at radius 2 is 1.85 bits per heavy atom. The van der Waals surface area contributed by atoms with E-state index < -0.39 is 0 Å². The fourth-order valence-electron chi connectivity index (χ4n) is 3.32. The van der Waals surface area contributed by atoms with Crippen LogP contribution < -0.4 is 5.73 Å². The molecule has 13 heavy (non-hydrogen) atoms. The van der Waals surface area contributed by atoms with Crippen LogP contribution in [-0.4, -0.2) is 19.3 Å². The summed E-state index contributed by atoms with van der Waals surface area (Å²) in [4.78, 5) is 0. The second-order valence-electron chi connectivity index (χ2n) is 5.19. The first-order valence-corrected chi connectivity index (χ1v) is 5.68. The molecule has 1 saturated heterocycles. The van der Waals surface area contributed by atoms with E-state index in [1.165, 1.54) is 25.7 Å².